The number of allylic oxidation sites excluding steroid dienone is 3. The zero-order valence-electron chi connectivity index (χ0n) is 24.5. The van der Waals surface area contributed by atoms with Crippen molar-refractivity contribution in [3.63, 3.8) is 0 Å². The maximum Gasteiger partial charge on any atom is 0.227 e. The Bertz CT molecular complexity index is 2400. The number of hydrogen-bond acceptors (Lipinski definition) is 3. The molecule has 0 fully saturated rings. The molecule has 1 unspecified atom stereocenters. The highest BCUT2D eigenvalue weighted by Gasteiger charge is 2.25. The number of para-hydroxylation sites is 3. The molecule has 0 N–H and O–H groups in total. The SMILES string of the molecule is C1=CC2CC=c3nc(-c4ccccc4)oc3=C2C=C1N(c1ccccc1)c1ccc2c(c1)c1ccccc1n2-c1ccccc1. The maximum absolute atomic E-state index is 6.47. The molecule has 0 spiro atoms. The second kappa shape index (κ2) is 10.4. The van der Waals surface area contributed by atoms with E-state index in [4.69, 9.17) is 9.40 Å². The molecule has 2 heterocycles. The Kier molecular flexibility index (Phi) is 5.91. The quantitative estimate of drug-likeness (QED) is 0.205. The van der Waals surface area contributed by atoms with Crippen molar-refractivity contribution in [2.75, 3.05) is 4.90 Å². The molecule has 2 aromatic heterocycles. The van der Waals surface area contributed by atoms with Gasteiger partial charge in [0.25, 0.3) is 0 Å². The van der Waals surface area contributed by atoms with Gasteiger partial charge in [0.1, 0.15) is 5.35 Å². The summed E-state index contributed by atoms with van der Waals surface area (Å²) in [6.07, 6.45) is 9.96. The van der Waals surface area contributed by atoms with Gasteiger partial charge < -0.3 is 13.9 Å². The molecule has 0 saturated carbocycles. The van der Waals surface area contributed by atoms with Crippen LogP contribution in [0.25, 0.3) is 50.6 Å². The molecular weight excluding hydrogens is 550 g/mol. The van der Waals surface area contributed by atoms with Gasteiger partial charge in [-0.05, 0) is 79.2 Å². The van der Waals surface area contributed by atoms with Crippen LogP contribution in [-0.2, 0) is 0 Å². The van der Waals surface area contributed by atoms with Crippen molar-refractivity contribution in [3.8, 4) is 17.1 Å². The molecule has 7 aromatic rings. The summed E-state index contributed by atoms with van der Waals surface area (Å²) in [5, 5.41) is 3.37. The van der Waals surface area contributed by atoms with E-state index in [0.29, 0.717) is 5.89 Å². The van der Waals surface area contributed by atoms with Crippen molar-refractivity contribution < 1.29 is 4.42 Å². The molecule has 45 heavy (non-hydrogen) atoms. The van der Waals surface area contributed by atoms with Gasteiger partial charge in [0, 0.05) is 50.6 Å². The lowest BCUT2D eigenvalue weighted by Gasteiger charge is -2.30. The molecule has 2 aliphatic carbocycles. The van der Waals surface area contributed by atoms with Crippen LogP contribution in [0.5, 0.6) is 0 Å². The highest BCUT2D eigenvalue weighted by Crippen LogP contribution is 2.39. The van der Waals surface area contributed by atoms with Crippen molar-refractivity contribution in [1.82, 2.24) is 9.55 Å². The number of aromatic nitrogens is 2. The van der Waals surface area contributed by atoms with Gasteiger partial charge in [-0.25, -0.2) is 4.98 Å². The number of anilines is 2. The van der Waals surface area contributed by atoms with Gasteiger partial charge in [0.2, 0.25) is 5.89 Å². The topological polar surface area (TPSA) is 34.2 Å². The summed E-state index contributed by atoms with van der Waals surface area (Å²) in [5.41, 5.74) is 9.85. The third-order valence-corrected chi connectivity index (χ3v) is 8.90. The van der Waals surface area contributed by atoms with E-state index in [1.165, 1.54) is 27.4 Å². The summed E-state index contributed by atoms with van der Waals surface area (Å²) in [6, 6.07) is 46.8. The first-order valence-electron chi connectivity index (χ1n) is 15.4. The Balaban J connectivity index is 1.24. The fraction of sp³-hybridized carbons (Fsp3) is 0.0488. The van der Waals surface area contributed by atoms with Crippen molar-refractivity contribution in [2.45, 2.75) is 6.42 Å². The smallest absolute Gasteiger partial charge is 0.227 e. The van der Waals surface area contributed by atoms with E-state index in [-0.39, 0.29) is 5.92 Å². The Morgan fingerprint density at radius 1 is 0.689 bits per heavy atom. The van der Waals surface area contributed by atoms with Crippen molar-refractivity contribution in [2.24, 2.45) is 5.92 Å². The highest BCUT2D eigenvalue weighted by molar-refractivity contribution is 6.10. The summed E-state index contributed by atoms with van der Waals surface area (Å²) in [5.74, 6) is 0.913. The van der Waals surface area contributed by atoms with Crippen LogP contribution in [-0.4, -0.2) is 9.55 Å². The van der Waals surface area contributed by atoms with Crippen LogP contribution in [0.2, 0.25) is 0 Å². The fourth-order valence-corrected chi connectivity index (χ4v) is 6.81. The minimum absolute atomic E-state index is 0.252. The van der Waals surface area contributed by atoms with Crippen LogP contribution in [0.3, 0.4) is 0 Å². The lowest BCUT2D eigenvalue weighted by Crippen LogP contribution is -2.32. The molecular formula is C41H29N3O. The van der Waals surface area contributed by atoms with Gasteiger partial charge >= 0.3 is 0 Å². The number of fused-ring (bicyclic) bond motifs is 5. The van der Waals surface area contributed by atoms with Crippen molar-refractivity contribution in [1.29, 1.82) is 0 Å². The van der Waals surface area contributed by atoms with Gasteiger partial charge in [-0.3, -0.25) is 0 Å². The lowest BCUT2D eigenvalue weighted by atomic mass is 9.87. The molecule has 0 bridgehead atoms. The van der Waals surface area contributed by atoms with E-state index in [1.807, 2.05) is 30.3 Å². The van der Waals surface area contributed by atoms with E-state index < -0.39 is 0 Å². The lowest BCUT2D eigenvalue weighted by molar-refractivity contribution is 0.531. The zero-order valence-corrected chi connectivity index (χ0v) is 24.5. The van der Waals surface area contributed by atoms with Crippen LogP contribution in [0.4, 0.5) is 11.4 Å². The summed E-state index contributed by atoms with van der Waals surface area (Å²) in [4.78, 5) is 7.22. The standard InChI is InChI=1S/C41H29N3O/c1-4-12-29(13-5-1)41-42-37-24-21-28-20-22-32(26-35(28)40(37)45-41)43(30-14-6-2-7-15-30)33-23-25-39-36(27-33)34-18-10-11-19-38(34)44(39)31-16-8-3-9-17-31/h1-20,22-28H,21H2. The van der Waals surface area contributed by atoms with E-state index in [0.717, 1.165) is 45.5 Å². The summed E-state index contributed by atoms with van der Waals surface area (Å²) in [6.45, 7) is 0. The molecule has 9 rings (SSSR count). The summed E-state index contributed by atoms with van der Waals surface area (Å²) < 4.78 is 8.83. The first-order chi connectivity index (χ1) is 22.3. The first-order valence-corrected chi connectivity index (χ1v) is 15.4. The minimum atomic E-state index is 0.252. The molecule has 2 aliphatic rings. The number of oxazole rings is 1. The molecule has 0 aliphatic heterocycles. The van der Waals surface area contributed by atoms with E-state index in [2.05, 4.69) is 137 Å². The minimum Gasteiger partial charge on any atom is -0.436 e. The normalized spacial score (nSPS) is 15.4. The van der Waals surface area contributed by atoms with E-state index in [9.17, 15) is 0 Å². The van der Waals surface area contributed by atoms with Crippen LogP contribution < -0.4 is 15.7 Å². The molecule has 0 saturated heterocycles. The zero-order chi connectivity index (χ0) is 29.7. The Morgan fingerprint density at radius 3 is 2.22 bits per heavy atom. The van der Waals surface area contributed by atoms with Crippen molar-refractivity contribution in [3.05, 3.63) is 168 Å². The molecule has 4 nitrogen and oxygen atoms in total. The number of rotatable bonds is 5. The Hall–Kier alpha value is -5.87. The highest BCUT2D eigenvalue weighted by atomic mass is 16.3. The summed E-state index contributed by atoms with van der Waals surface area (Å²) in [7, 11) is 0. The van der Waals surface area contributed by atoms with Crippen LogP contribution in [0.15, 0.2) is 162 Å². The van der Waals surface area contributed by atoms with Crippen molar-refractivity contribution >= 4 is 44.8 Å². The molecule has 4 heteroatoms. The number of benzene rings is 5. The fourth-order valence-electron chi connectivity index (χ4n) is 6.81. The second-order valence-electron chi connectivity index (χ2n) is 11.6. The first kappa shape index (κ1) is 25.6. The van der Waals surface area contributed by atoms with Gasteiger partial charge in [0.15, 0.2) is 5.42 Å². The molecule has 5 aromatic carbocycles. The van der Waals surface area contributed by atoms with Gasteiger partial charge in [-0.2, -0.15) is 0 Å². The second-order valence-corrected chi connectivity index (χ2v) is 11.6. The van der Waals surface area contributed by atoms with Crippen LogP contribution >= 0.6 is 0 Å². The van der Waals surface area contributed by atoms with Gasteiger partial charge in [-0.1, -0.05) is 84.9 Å². The molecule has 0 amide bonds. The van der Waals surface area contributed by atoms with E-state index in [1.54, 1.807) is 0 Å². The third-order valence-electron chi connectivity index (χ3n) is 8.90. The molecule has 214 valence electrons. The summed E-state index contributed by atoms with van der Waals surface area (Å²) >= 11 is 0. The monoisotopic (exact) mass is 579 g/mol. The largest absolute Gasteiger partial charge is 0.436 e. The predicted molar refractivity (Wildman–Crippen MR) is 184 cm³/mol. The van der Waals surface area contributed by atoms with E-state index >= 15 is 0 Å². The average Bonchev–Trinajstić information content (AvgIpc) is 3.70. The number of hydrogen-bond donors (Lipinski definition) is 0. The third kappa shape index (κ3) is 4.26. The average molecular weight is 580 g/mol. The predicted octanol–water partition coefficient (Wildman–Crippen LogP) is 8.68. The van der Waals surface area contributed by atoms with Crippen LogP contribution in [0.1, 0.15) is 6.42 Å². The Labute approximate surface area is 260 Å². The maximum atomic E-state index is 6.47. The number of nitrogens with zero attached hydrogens (tertiary/aromatic N) is 3. The Morgan fingerprint density at radius 2 is 1.40 bits per heavy atom. The molecule has 1 atom stereocenters. The molecule has 0 radical (unpaired) electrons. The van der Waals surface area contributed by atoms with Gasteiger partial charge in [0.05, 0.1) is 11.0 Å². The van der Waals surface area contributed by atoms with Gasteiger partial charge in [-0.15, -0.1) is 0 Å². The van der Waals surface area contributed by atoms with Crippen LogP contribution in [0, 0.1) is 5.92 Å².